The largest absolute Gasteiger partial charge is 0.481 e. The highest BCUT2D eigenvalue weighted by Gasteiger charge is 2.19. The molecule has 0 aromatic heterocycles. The van der Waals surface area contributed by atoms with Crippen LogP contribution < -0.4 is 15.6 Å². The molecular weight excluding hydrogens is 380 g/mol. The van der Waals surface area contributed by atoms with Gasteiger partial charge in [0.15, 0.2) is 15.9 Å². The first-order chi connectivity index (χ1) is 13.0. The molecule has 0 bridgehead atoms. The van der Waals surface area contributed by atoms with Crippen LogP contribution >= 0.6 is 0 Å². The van der Waals surface area contributed by atoms with E-state index in [2.05, 4.69) is 10.9 Å². The Hall–Kier alpha value is -2.87. The molecule has 2 aromatic rings. The van der Waals surface area contributed by atoms with Gasteiger partial charge in [0.1, 0.15) is 5.75 Å². The first kappa shape index (κ1) is 21.4. The molecule has 150 valence electrons. The molecule has 28 heavy (non-hydrogen) atoms. The van der Waals surface area contributed by atoms with Crippen LogP contribution in [0, 0.1) is 20.8 Å². The first-order valence-corrected chi connectivity index (χ1v) is 10.5. The predicted octanol–water partition coefficient (Wildman–Crippen LogP) is 2.24. The van der Waals surface area contributed by atoms with E-state index < -0.39 is 27.8 Å². The number of amides is 2. The van der Waals surface area contributed by atoms with Crippen molar-refractivity contribution in [3.05, 3.63) is 58.7 Å². The molecule has 0 saturated carbocycles. The van der Waals surface area contributed by atoms with Gasteiger partial charge in [-0.2, -0.15) is 0 Å². The maximum Gasteiger partial charge on any atom is 0.279 e. The molecule has 0 saturated heterocycles. The van der Waals surface area contributed by atoms with Crippen LogP contribution in [0.1, 0.15) is 34.0 Å². The second-order valence-electron chi connectivity index (χ2n) is 6.65. The van der Waals surface area contributed by atoms with Crippen LogP contribution in [0.5, 0.6) is 5.75 Å². The molecule has 0 unspecified atom stereocenters. The van der Waals surface area contributed by atoms with Gasteiger partial charge in [-0.15, -0.1) is 0 Å². The number of sulfone groups is 1. The quantitative estimate of drug-likeness (QED) is 0.744. The molecule has 2 amide bonds. The van der Waals surface area contributed by atoms with E-state index in [1.165, 1.54) is 12.1 Å². The molecule has 0 radical (unpaired) electrons. The van der Waals surface area contributed by atoms with Gasteiger partial charge in [0.2, 0.25) is 0 Å². The minimum absolute atomic E-state index is 0.0289. The summed E-state index contributed by atoms with van der Waals surface area (Å²) in [5, 5.41) is 0. The summed E-state index contributed by atoms with van der Waals surface area (Å²) in [5.41, 5.74) is 7.32. The highest BCUT2D eigenvalue weighted by atomic mass is 32.2. The predicted molar refractivity (Wildman–Crippen MR) is 106 cm³/mol. The van der Waals surface area contributed by atoms with Gasteiger partial charge in [0.05, 0.1) is 4.90 Å². The van der Waals surface area contributed by atoms with E-state index in [-0.39, 0.29) is 10.5 Å². The van der Waals surface area contributed by atoms with E-state index >= 15 is 0 Å². The maximum atomic E-state index is 12.4. The van der Waals surface area contributed by atoms with Gasteiger partial charge in [0.25, 0.3) is 11.8 Å². The number of carbonyl (C=O) groups is 2. The Bertz CT molecular complexity index is 1020. The lowest BCUT2D eigenvalue weighted by Gasteiger charge is -2.17. The van der Waals surface area contributed by atoms with Crippen LogP contribution in [0.25, 0.3) is 0 Å². The van der Waals surface area contributed by atoms with Gasteiger partial charge < -0.3 is 4.74 Å². The molecule has 0 aliphatic rings. The Morgan fingerprint density at radius 1 is 1.00 bits per heavy atom. The Morgan fingerprint density at radius 3 is 2.32 bits per heavy atom. The van der Waals surface area contributed by atoms with Gasteiger partial charge in [-0.25, -0.2) is 8.42 Å². The minimum atomic E-state index is -3.45. The Kier molecular flexibility index (Phi) is 6.45. The van der Waals surface area contributed by atoms with Crippen LogP contribution in [0.2, 0.25) is 0 Å². The smallest absolute Gasteiger partial charge is 0.279 e. The van der Waals surface area contributed by atoms with Crippen LogP contribution in [0.15, 0.2) is 41.3 Å². The summed E-state index contributed by atoms with van der Waals surface area (Å²) in [6.45, 7) is 7.09. The third-order valence-corrected chi connectivity index (χ3v) is 5.52. The SMILES string of the molecule is Cc1ccc(S(C)(=O)=O)cc1C(=O)NNC(=O)[C@H](C)Oc1cccc(C)c1C. The molecule has 0 fully saturated rings. The molecule has 2 aromatic carbocycles. The van der Waals surface area contributed by atoms with E-state index in [9.17, 15) is 18.0 Å². The topological polar surface area (TPSA) is 102 Å². The van der Waals surface area contributed by atoms with Crippen LogP contribution in [-0.2, 0) is 14.6 Å². The zero-order chi connectivity index (χ0) is 21.1. The fourth-order valence-corrected chi connectivity index (χ4v) is 3.11. The van der Waals surface area contributed by atoms with Crippen molar-refractivity contribution in [2.75, 3.05) is 6.26 Å². The lowest BCUT2D eigenvalue weighted by atomic mass is 10.1. The second kappa shape index (κ2) is 8.43. The average Bonchev–Trinajstić information content (AvgIpc) is 2.62. The van der Waals surface area contributed by atoms with Crippen molar-refractivity contribution in [2.24, 2.45) is 0 Å². The van der Waals surface area contributed by atoms with Crippen molar-refractivity contribution in [3.63, 3.8) is 0 Å². The molecule has 0 spiro atoms. The van der Waals surface area contributed by atoms with E-state index in [0.717, 1.165) is 17.4 Å². The third-order valence-electron chi connectivity index (χ3n) is 4.41. The number of aryl methyl sites for hydroxylation is 2. The standard InChI is InChI=1S/C20H24N2O5S/c1-12-7-6-8-18(14(12)3)27-15(4)19(23)21-22-20(24)17-11-16(28(5,25)26)10-9-13(17)2/h6-11,15H,1-5H3,(H,21,23)(H,22,24)/t15-/m0/s1. The van der Waals surface area contributed by atoms with Crippen molar-refractivity contribution in [3.8, 4) is 5.75 Å². The Balaban J connectivity index is 2.04. The summed E-state index contributed by atoms with van der Waals surface area (Å²) in [4.78, 5) is 24.6. The second-order valence-corrected chi connectivity index (χ2v) is 8.67. The molecule has 2 N–H and O–H groups in total. The van der Waals surface area contributed by atoms with Gasteiger partial charge in [-0.05, 0) is 62.6 Å². The summed E-state index contributed by atoms with van der Waals surface area (Å²) in [6, 6.07) is 9.80. The Labute approximate surface area is 165 Å². The number of ether oxygens (including phenoxy) is 1. The molecule has 0 heterocycles. The summed E-state index contributed by atoms with van der Waals surface area (Å²) < 4.78 is 29.0. The molecule has 8 heteroatoms. The van der Waals surface area contributed by atoms with Crippen molar-refractivity contribution in [2.45, 2.75) is 38.7 Å². The number of carbonyl (C=O) groups excluding carboxylic acids is 2. The van der Waals surface area contributed by atoms with Gasteiger partial charge in [-0.3, -0.25) is 20.4 Å². The van der Waals surface area contributed by atoms with E-state index in [0.29, 0.717) is 11.3 Å². The number of benzene rings is 2. The molecule has 7 nitrogen and oxygen atoms in total. The van der Waals surface area contributed by atoms with Gasteiger partial charge >= 0.3 is 0 Å². The van der Waals surface area contributed by atoms with Crippen LogP contribution in [0.4, 0.5) is 0 Å². The van der Waals surface area contributed by atoms with Crippen molar-refractivity contribution >= 4 is 21.7 Å². The third kappa shape index (κ3) is 5.10. The van der Waals surface area contributed by atoms with Crippen LogP contribution in [0.3, 0.4) is 0 Å². The lowest BCUT2D eigenvalue weighted by Crippen LogP contribution is -2.47. The summed E-state index contributed by atoms with van der Waals surface area (Å²) >= 11 is 0. The number of nitrogens with one attached hydrogen (secondary N) is 2. The molecule has 0 aliphatic carbocycles. The van der Waals surface area contributed by atoms with Gasteiger partial charge in [0, 0.05) is 11.8 Å². The number of hydrogen-bond donors (Lipinski definition) is 2. The monoisotopic (exact) mass is 404 g/mol. The van der Waals surface area contributed by atoms with Crippen molar-refractivity contribution < 1.29 is 22.7 Å². The highest BCUT2D eigenvalue weighted by Crippen LogP contribution is 2.21. The summed E-state index contributed by atoms with van der Waals surface area (Å²) in [7, 11) is -3.45. The van der Waals surface area contributed by atoms with Crippen molar-refractivity contribution in [1.29, 1.82) is 0 Å². The minimum Gasteiger partial charge on any atom is -0.481 e. The zero-order valence-electron chi connectivity index (χ0n) is 16.5. The molecule has 1 atom stereocenters. The number of hydrogen-bond acceptors (Lipinski definition) is 5. The molecule has 2 rings (SSSR count). The summed E-state index contributed by atoms with van der Waals surface area (Å²) in [6.07, 6.45) is 0.220. The normalized spacial score (nSPS) is 12.2. The highest BCUT2D eigenvalue weighted by molar-refractivity contribution is 7.90. The first-order valence-electron chi connectivity index (χ1n) is 8.64. The molecule has 0 aliphatic heterocycles. The number of hydrazine groups is 1. The summed E-state index contributed by atoms with van der Waals surface area (Å²) in [5.74, 6) is -0.563. The van der Waals surface area contributed by atoms with Crippen LogP contribution in [-0.4, -0.2) is 32.6 Å². The zero-order valence-corrected chi connectivity index (χ0v) is 17.3. The maximum absolute atomic E-state index is 12.4. The lowest BCUT2D eigenvalue weighted by molar-refractivity contribution is -0.128. The van der Waals surface area contributed by atoms with E-state index in [4.69, 9.17) is 4.74 Å². The average molecular weight is 404 g/mol. The number of rotatable bonds is 5. The fraction of sp³-hybridized carbons (Fsp3) is 0.300. The van der Waals surface area contributed by atoms with Crippen molar-refractivity contribution in [1.82, 2.24) is 10.9 Å². The van der Waals surface area contributed by atoms with Gasteiger partial charge in [-0.1, -0.05) is 18.2 Å². The van der Waals surface area contributed by atoms with E-state index in [1.54, 1.807) is 26.0 Å². The fourth-order valence-electron chi connectivity index (χ4n) is 2.46. The van der Waals surface area contributed by atoms with E-state index in [1.807, 2.05) is 26.0 Å². The Morgan fingerprint density at radius 2 is 1.68 bits per heavy atom. The molecular formula is C20H24N2O5S.